The highest BCUT2D eigenvalue weighted by molar-refractivity contribution is 5.74. The molecule has 4 rings (SSSR count). The molecule has 1 heterocycles. The second kappa shape index (κ2) is 6.64. The van der Waals surface area contributed by atoms with Gasteiger partial charge in [0.2, 0.25) is 0 Å². The Morgan fingerprint density at radius 2 is 1.65 bits per heavy atom. The Balaban J connectivity index is 1.90. The van der Waals surface area contributed by atoms with Gasteiger partial charge in [0.15, 0.2) is 0 Å². The van der Waals surface area contributed by atoms with Crippen molar-refractivity contribution in [2.24, 2.45) is 7.05 Å². The summed E-state index contributed by atoms with van der Waals surface area (Å²) in [6.45, 7) is -0.140. The van der Waals surface area contributed by atoms with Gasteiger partial charge < -0.3 is 0 Å². The number of aryl methyl sites for hydroxylation is 3. The van der Waals surface area contributed by atoms with Crippen LogP contribution in [0.1, 0.15) is 15.2 Å². The molecule has 0 aliphatic rings. The average molecular weight is 342 g/mol. The lowest BCUT2D eigenvalue weighted by Crippen LogP contribution is -2.29. The Hall–Kier alpha value is -3.13. The Morgan fingerprint density at radius 1 is 0.885 bits per heavy atom. The average Bonchev–Trinajstić information content (AvgIpc) is 3.09. The quantitative estimate of drug-likeness (QED) is 0.450. The van der Waals surface area contributed by atoms with Crippen LogP contribution in [0.3, 0.4) is 0 Å². The van der Waals surface area contributed by atoms with Gasteiger partial charge in [-0.15, -0.1) is 0 Å². The molecule has 0 bridgehead atoms. The van der Waals surface area contributed by atoms with Crippen LogP contribution in [0.5, 0.6) is 0 Å². The molecule has 0 aliphatic heterocycles. The lowest BCUT2D eigenvalue weighted by atomic mass is 10.0. The maximum atomic E-state index is 7.68. The highest BCUT2D eigenvalue weighted by atomic mass is 15.1. The zero-order valence-corrected chi connectivity index (χ0v) is 15.0. The van der Waals surface area contributed by atoms with E-state index in [0.29, 0.717) is 5.56 Å². The van der Waals surface area contributed by atoms with Crippen LogP contribution in [-0.4, -0.2) is 4.57 Å². The molecule has 0 saturated heterocycles. The van der Waals surface area contributed by atoms with Crippen molar-refractivity contribution in [2.75, 3.05) is 0 Å². The summed E-state index contributed by atoms with van der Waals surface area (Å²) in [7, 11) is 2.01. The van der Waals surface area contributed by atoms with Crippen molar-refractivity contribution in [2.45, 2.75) is 13.8 Å². The highest BCUT2D eigenvalue weighted by Gasteiger charge is 2.22. The first-order chi connectivity index (χ1) is 13.9. The largest absolute Gasteiger partial charge is 0.294 e. The summed E-state index contributed by atoms with van der Waals surface area (Å²) in [5.41, 5.74) is 5.68. The van der Waals surface area contributed by atoms with E-state index in [0.717, 1.165) is 33.8 Å². The lowest BCUT2D eigenvalue weighted by molar-refractivity contribution is -0.659. The molecule has 0 unspecified atom stereocenters. The molecular formula is C24H23N2+. The Morgan fingerprint density at radius 3 is 2.42 bits per heavy atom. The summed E-state index contributed by atoms with van der Waals surface area (Å²) in [5.74, 6) is 1.00. The van der Waals surface area contributed by atoms with Crippen molar-refractivity contribution >= 4 is 0 Å². The topological polar surface area (TPSA) is 8.81 Å². The fraction of sp³-hybridized carbons (Fsp3) is 0.125. The van der Waals surface area contributed by atoms with Gasteiger partial charge in [0.05, 0.1) is 12.6 Å². The number of para-hydroxylation sites is 1. The van der Waals surface area contributed by atoms with E-state index < -0.39 is 6.85 Å². The molecule has 2 nitrogen and oxygen atoms in total. The third-order valence-corrected chi connectivity index (χ3v) is 4.72. The zero-order valence-electron chi connectivity index (χ0n) is 18.0. The molecule has 4 aromatic rings. The molecule has 0 atom stereocenters. The van der Waals surface area contributed by atoms with E-state index in [1.807, 2.05) is 62.8 Å². The minimum absolute atomic E-state index is 0.365. The fourth-order valence-corrected chi connectivity index (χ4v) is 3.45. The van der Waals surface area contributed by atoms with E-state index in [9.17, 15) is 0 Å². The van der Waals surface area contributed by atoms with Crippen LogP contribution >= 0.6 is 0 Å². The summed E-state index contributed by atoms with van der Waals surface area (Å²) < 4.78 is 27.3. The minimum atomic E-state index is -2.10. The van der Waals surface area contributed by atoms with E-state index in [1.165, 1.54) is 0 Å². The number of aromatic nitrogens is 2. The number of benzene rings is 3. The van der Waals surface area contributed by atoms with Crippen LogP contribution in [-0.2, 0) is 7.05 Å². The summed E-state index contributed by atoms with van der Waals surface area (Å²) in [5, 5.41) is 0. The smallest absolute Gasteiger partial charge is 0.232 e. The van der Waals surface area contributed by atoms with Gasteiger partial charge in [0.1, 0.15) is 18.1 Å². The number of imidazole rings is 1. The molecule has 128 valence electrons. The molecule has 1 aromatic heterocycles. The molecule has 0 spiro atoms. The van der Waals surface area contributed by atoms with Crippen molar-refractivity contribution in [1.82, 2.24) is 4.57 Å². The summed E-state index contributed by atoms with van der Waals surface area (Å²) in [4.78, 5) is 0. The molecule has 26 heavy (non-hydrogen) atoms. The maximum Gasteiger partial charge on any atom is 0.294 e. The van der Waals surface area contributed by atoms with Gasteiger partial charge in [0, 0.05) is 9.68 Å². The Labute approximate surface area is 159 Å². The van der Waals surface area contributed by atoms with Crippen molar-refractivity contribution in [3.63, 3.8) is 0 Å². The Kier molecular flexibility index (Phi) is 3.35. The first kappa shape index (κ1) is 13.1. The second-order valence-corrected chi connectivity index (χ2v) is 6.52. The molecule has 0 amide bonds. The SMILES string of the molecule is [2H]C([2H])([2H])c1ccc(-c2n(-c3ccccc3-c3ccccc3)cc[n+]2C)c(C)c1. The predicted molar refractivity (Wildman–Crippen MR) is 107 cm³/mol. The lowest BCUT2D eigenvalue weighted by Gasteiger charge is -2.10. The zero-order chi connectivity index (χ0) is 20.6. The maximum absolute atomic E-state index is 7.68. The molecule has 3 aromatic carbocycles. The van der Waals surface area contributed by atoms with E-state index >= 15 is 0 Å². The fourth-order valence-electron chi connectivity index (χ4n) is 3.45. The molecule has 0 radical (unpaired) electrons. The Bertz CT molecular complexity index is 1160. The second-order valence-electron chi connectivity index (χ2n) is 6.52. The van der Waals surface area contributed by atoms with Crippen LogP contribution in [0.2, 0.25) is 0 Å². The minimum Gasteiger partial charge on any atom is -0.232 e. The van der Waals surface area contributed by atoms with Crippen LogP contribution in [0, 0.1) is 13.8 Å². The van der Waals surface area contributed by atoms with Gasteiger partial charge in [-0.25, -0.2) is 4.57 Å². The van der Waals surface area contributed by atoms with Gasteiger partial charge in [-0.1, -0.05) is 66.2 Å². The van der Waals surface area contributed by atoms with Gasteiger partial charge >= 0.3 is 0 Å². The first-order valence-corrected chi connectivity index (χ1v) is 8.69. The summed E-state index contributed by atoms with van der Waals surface area (Å²) in [6.07, 6.45) is 4.07. The summed E-state index contributed by atoms with van der Waals surface area (Å²) >= 11 is 0. The van der Waals surface area contributed by atoms with Crippen molar-refractivity contribution in [3.8, 4) is 28.2 Å². The molecule has 2 heteroatoms. The molecule has 0 saturated carbocycles. The van der Waals surface area contributed by atoms with E-state index in [-0.39, 0.29) is 0 Å². The number of hydrogen-bond donors (Lipinski definition) is 0. The van der Waals surface area contributed by atoms with Crippen LogP contribution in [0.4, 0.5) is 0 Å². The predicted octanol–water partition coefficient (Wildman–Crippen LogP) is 5.25. The van der Waals surface area contributed by atoms with E-state index in [4.69, 9.17) is 4.11 Å². The van der Waals surface area contributed by atoms with Crippen LogP contribution < -0.4 is 4.57 Å². The number of nitrogens with zero attached hydrogens (tertiary/aromatic N) is 2. The van der Waals surface area contributed by atoms with Gasteiger partial charge in [0.25, 0.3) is 5.82 Å². The van der Waals surface area contributed by atoms with Crippen LogP contribution in [0.25, 0.3) is 28.2 Å². The van der Waals surface area contributed by atoms with Crippen LogP contribution in [0.15, 0.2) is 85.2 Å². The monoisotopic (exact) mass is 342 g/mol. The third-order valence-electron chi connectivity index (χ3n) is 4.72. The molecular weight excluding hydrogens is 316 g/mol. The van der Waals surface area contributed by atoms with Gasteiger partial charge in [-0.3, -0.25) is 0 Å². The molecule has 0 N–H and O–H groups in total. The standard InChI is InChI=1S/C24H23N2/c1-18-13-14-21(19(2)17-18)24-25(3)15-16-26(24)23-12-8-7-11-22(23)20-9-5-4-6-10-20/h4-17H,1-3H3/q+1/i1D3. The summed E-state index contributed by atoms with van der Waals surface area (Å²) in [6, 6.07) is 24.0. The van der Waals surface area contributed by atoms with E-state index in [1.54, 1.807) is 12.1 Å². The van der Waals surface area contributed by atoms with Gasteiger partial charge in [-0.2, -0.15) is 4.57 Å². The normalized spacial score (nSPS) is 13.1. The molecule has 0 aliphatic carbocycles. The number of rotatable bonds is 3. The highest BCUT2D eigenvalue weighted by Crippen LogP contribution is 2.30. The first-order valence-electron chi connectivity index (χ1n) is 10.2. The molecule has 0 fully saturated rings. The van der Waals surface area contributed by atoms with Crippen molar-refractivity contribution in [1.29, 1.82) is 0 Å². The third kappa shape index (κ3) is 2.84. The number of hydrogen-bond acceptors (Lipinski definition) is 0. The van der Waals surface area contributed by atoms with E-state index in [2.05, 4.69) is 33.4 Å². The van der Waals surface area contributed by atoms with Gasteiger partial charge in [-0.05, 0) is 37.0 Å². The van der Waals surface area contributed by atoms with Crippen molar-refractivity contribution < 1.29 is 8.68 Å². The van der Waals surface area contributed by atoms with Crippen molar-refractivity contribution in [3.05, 3.63) is 96.3 Å².